The molecule has 0 amide bonds. The van der Waals surface area contributed by atoms with Crippen molar-refractivity contribution in [3.05, 3.63) is 46.6 Å². The minimum atomic E-state index is 0.0385. The van der Waals surface area contributed by atoms with Crippen molar-refractivity contribution < 1.29 is 0 Å². The van der Waals surface area contributed by atoms with Crippen LogP contribution in [0.2, 0.25) is 0 Å². The molecule has 0 aliphatic heterocycles. The molecule has 0 aliphatic rings. The normalized spacial score (nSPS) is 12.3. The van der Waals surface area contributed by atoms with Gasteiger partial charge in [0.15, 0.2) is 0 Å². The van der Waals surface area contributed by atoms with E-state index in [0.717, 1.165) is 24.3 Å². The number of aromatic amines is 1. The molecule has 2 aromatic heterocycles. The molecule has 0 spiro atoms. The van der Waals surface area contributed by atoms with Crippen LogP contribution in [-0.4, -0.2) is 14.8 Å². The van der Waals surface area contributed by atoms with Crippen molar-refractivity contribution in [1.82, 2.24) is 14.8 Å². The molecule has 5 nitrogen and oxygen atoms in total. The van der Waals surface area contributed by atoms with Gasteiger partial charge in [0.25, 0.3) is 5.56 Å². The molecule has 0 saturated heterocycles. The molecular weight excluding hydrogens is 228 g/mol. The lowest BCUT2D eigenvalue weighted by Gasteiger charge is -2.14. The Morgan fingerprint density at radius 3 is 2.94 bits per heavy atom. The largest absolute Gasteiger partial charge is 0.376 e. The third-order valence-corrected chi connectivity index (χ3v) is 2.82. The predicted octanol–water partition coefficient (Wildman–Crippen LogP) is 2.15. The first kappa shape index (κ1) is 12.4. The highest BCUT2D eigenvalue weighted by Crippen LogP contribution is 2.15. The molecule has 5 heteroatoms. The van der Waals surface area contributed by atoms with Crippen LogP contribution >= 0.6 is 0 Å². The van der Waals surface area contributed by atoms with Crippen molar-refractivity contribution in [3.8, 4) is 0 Å². The van der Waals surface area contributed by atoms with Gasteiger partial charge in [0.1, 0.15) is 0 Å². The molecule has 2 rings (SSSR count). The molecule has 2 N–H and O–H groups in total. The third-order valence-electron chi connectivity index (χ3n) is 2.82. The molecule has 2 heterocycles. The first-order valence-electron chi connectivity index (χ1n) is 6.17. The summed E-state index contributed by atoms with van der Waals surface area (Å²) in [5.74, 6) is 0. The van der Waals surface area contributed by atoms with Crippen LogP contribution in [0, 0.1) is 0 Å². The fourth-order valence-electron chi connectivity index (χ4n) is 1.87. The second-order valence-corrected chi connectivity index (χ2v) is 4.33. The standard InChI is InChI=1S/C13H18N4O/c1-3-8-17-9-11(4-5-13(17)18)15-10(2)12-6-7-14-16-12/h4-7,9-10,15H,3,8H2,1-2H3,(H,14,16). The number of pyridine rings is 1. The van der Waals surface area contributed by atoms with Crippen LogP contribution < -0.4 is 10.9 Å². The Hall–Kier alpha value is -2.04. The Bertz CT molecular complexity index is 544. The number of H-pyrrole nitrogens is 1. The highest BCUT2D eigenvalue weighted by atomic mass is 16.1. The lowest BCUT2D eigenvalue weighted by Crippen LogP contribution is -2.19. The second-order valence-electron chi connectivity index (χ2n) is 4.33. The first-order valence-corrected chi connectivity index (χ1v) is 6.17. The number of nitrogens with one attached hydrogen (secondary N) is 2. The summed E-state index contributed by atoms with van der Waals surface area (Å²) in [6, 6.07) is 5.46. The smallest absolute Gasteiger partial charge is 0.250 e. The van der Waals surface area contributed by atoms with E-state index in [0.29, 0.717) is 0 Å². The zero-order valence-corrected chi connectivity index (χ0v) is 10.7. The van der Waals surface area contributed by atoms with Gasteiger partial charge in [-0.15, -0.1) is 0 Å². The van der Waals surface area contributed by atoms with Gasteiger partial charge in [0, 0.05) is 25.0 Å². The van der Waals surface area contributed by atoms with Gasteiger partial charge in [-0.25, -0.2) is 0 Å². The van der Waals surface area contributed by atoms with Crippen LogP contribution in [0.1, 0.15) is 32.0 Å². The fourth-order valence-corrected chi connectivity index (χ4v) is 1.87. The molecule has 0 aromatic carbocycles. The van der Waals surface area contributed by atoms with Crippen LogP contribution in [-0.2, 0) is 6.54 Å². The van der Waals surface area contributed by atoms with E-state index < -0.39 is 0 Å². The van der Waals surface area contributed by atoms with Crippen molar-refractivity contribution in [2.45, 2.75) is 32.9 Å². The quantitative estimate of drug-likeness (QED) is 0.849. The molecule has 1 atom stereocenters. The molecule has 0 aliphatic carbocycles. The van der Waals surface area contributed by atoms with Crippen LogP contribution in [0.5, 0.6) is 0 Å². The van der Waals surface area contributed by atoms with Crippen LogP contribution in [0.25, 0.3) is 0 Å². The van der Waals surface area contributed by atoms with Gasteiger partial charge in [-0.3, -0.25) is 9.89 Å². The number of anilines is 1. The van der Waals surface area contributed by atoms with E-state index in [1.165, 1.54) is 0 Å². The van der Waals surface area contributed by atoms with E-state index >= 15 is 0 Å². The van der Waals surface area contributed by atoms with Crippen molar-refractivity contribution in [2.75, 3.05) is 5.32 Å². The van der Waals surface area contributed by atoms with E-state index in [1.54, 1.807) is 22.9 Å². The Morgan fingerprint density at radius 1 is 1.44 bits per heavy atom. The maximum absolute atomic E-state index is 11.6. The number of hydrogen-bond donors (Lipinski definition) is 2. The van der Waals surface area contributed by atoms with Crippen LogP contribution in [0.15, 0.2) is 35.4 Å². The van der Waals surface area contributed by atoms with Gasteiger partial charge < -0.3 is 9.88 Å². The summed E-state index contributed by atoms with van der Waals surface area (Å²) in [6.07, 6.45) is 4.53. The number of rotatable bonds is 5. The third kappa shape index (κ3) is 2.80. The summed E-state index contributed by atoms with van der Waals surface area (Å²) >= 11 is 0. The summed E-state index contributed by atoms with van der Waals surface area (Å²) in [6.45, 7) is 4.84. The van der Waals surface area contributed by atoms with Gasteiger partial charge in [-0.2, -0.15) is 5.10 Å². The first-order chi connectivity index (χ1) is 8.70. The Morgan fingerprint density at radius 2 is 2.28 bits per heavy atom. The molecule has 0 fully saturated rings. The average Bonchev–Trinajstić information content (AvgIpc) is 2.87. The highest BCUT2D eigenvalue weighted by molar-refractivity contribution is 5.42. The number of aryl methyl sites for hydroxylation is 1. The van der Waals surface area contributed by atoms with E-state index in [-0.39, 0.29) is 11.6 Å². The minimum Gasteiger partial charge on any atom is -0.376 e. The van der Waals surface area contributed by atoms with E-state index in [9.17, 15) is 4.79 Å². The molecular formula is C13H18N4O. The van der Waals surface area contributed by atoms with Crippen LogP contribution in [0.3, 0.4) is 0 Å². The minimum absolute atomic E-state index is 0.0385. The zero-order chi connectivity index (χ0) is 13.0. The maximum Gasteiger partial charge on any atom is 0.250 e. The van der Waals surface area contributed by atoms with E-state index in [2.05, 4.69) is 22.4 Å². The Labute approximate surface area is 106 Å². The summed E-state index contributed by atoms with van der Waals surface area (Å²) in [5, 5.41) is 10.2. The summed E-state index contributed by atoms with van der Waals surface area (Å²) in [4.78, 5) is 11.6. The van der Waals surface area contributed by atoms with Gasteiger partial charge >= 0.3 is 0 Å². The number of aromatic nitrogens is 3. The van der Waals surface area contributed by atoms with E-state index in [1.807, 2.05) is 19.2 Å². The van der Waals surface area contributed by atoms with Gasteiger partial charge in [-0.1, -0.05) is 6.92 Å². The predicted molar refractivity (Wildman–Crippen MR) is 71.6 cm³/mol. The fraction of sp³-hybridized carbons (Fsp3) is 0.385. The van der Waals surface area contributed by atoms with Crippen molar-refractivity contribution in [2.24, 2.45) is 0 Å². The molecule has 2 aromatic rings. The highest BCUT2D eigenvalue weighted by Gasteiger charge is 2.07. The van der Waals surface area contributed by atoms with Gasteiger partial charge in [0.2, 0.25) is 0 Å². The SMILES string of the molecule is CCCn1cc(NC(C)c2ccn[nH]2)ccc1=O. The van der Waals surface area contributed by atoms with Crippen molar-refractivity contribution in [3.63, 3.8) is 0 Å². The summed E-state index contributed by atoms with van der Waals surface area (Å²) in [5.41, 5.74) is 1.99. The van der Waals surface area contributed by atoms with Crippen molar-refractivity contribution in [1.29, 1.82) is 0 Å². The lowest BCUT2D eigenvalue weighted by molar-refractivity contribution is 0.653. The van der Waals surface area contributed by atoms with Gasteiger partial charge in [0.05, 0.1) is 17.4 Å². The molecule has 96 valence electrons. The summed E-state index contributed by atoms with van der Waals surface area (Å²) < 4.78 is 1.72. The molecule has 18 heavy (non-hydrogen) atoms. The van der Waals surface area contributed by atoms with Crippen molar-refractivity contribution >= 4 is 5.69 Å². The zero-order valence-electron chi connectivity index (χ0n) is 10.7. The molecule has 1 unspecified atom stereocenters. The second kappa shape index (κ2) is 5.53. The average molecular weight is 246 g/mol. The Kier molecular flexibility index (Phi) is 3.82. The molecule has 0 radical (unpaired) electrons. The topological polar surface area (TPSA) is 62.7 Å². The summed E-state index contributed by atoms with van der Waals surface area (Å²) in [7, 11) is 0. The monoisotopic (exact) mass is 246 g/mol. The lowest BCUT2D eigenvalue weighted by atomic mass is 10.2. The number of nitrogens with zero attached hydrogens (tertiary/aromatic N) is 2. The molecule has 0 bridgehead atoms. The molecule has 0 saturated carbocycles. The Balaban J connectivity index is 2.14. The maximum atomic E-state index is 11.6. The van der Waals surface area contributed by atoms with Crippen LogP contribution in [0.4, 0.5) is 5.69 Å². The number of hydrogen-bond acceptors (Lipinski definition) is 3. The van der Waals surface area contributed by atoms with Gasteiger partial charge in [-0.05, 0) is 25.5 Å². The van der Waals surface area contributed by atoms with E-state index in [4.69, 9.17) is 0 Å².